The first-order valence-corrected chi connectivity index (χ1v) is 9.33. The van der Waals surface area contributed by atoms with Gasteiger partial charge < -0.3 is 20.7 Å². The smallest absolute Gasteiger partial charge is 0.410 e. The van der Waals surface area contributed by atoms with Gasteiger partial charge in [0.25, 0.3) is 0 Å². The van der Waals surface area contributed by atoms with Crippen molar-refractivity contribution in [2.75, 3.05) is 24.1 Å². The highest BCUT2D eigenvalue weighted by molar-refractivity contribution is 5.69. The molecule has 0 unspecified atom stereocenters. The second-order valence-electron chi connectivity index (χ2n) is 8.68. The summed E-state index contributed by atoms with van der Waals surface area (Å²) in [5.41, 5.74) is 9.09. The third kappa shape index (κ3) is 4.02. The number of ether oxygens (including phenoxy) is 1. The highest BCUT2D eigenvalue weighted by Gasteiger charge is 2.50. The Bertz CT molecular complexity index is 645. The molecule has 138 valence electrons. The first kappa shape index (κ1) is 17.9. The number of rotatable bonds is 3. The van der Waals surface area contributed by atoms with Crippen molar-refractivity contribution in [3.63, 3.8) is 0 Å². The zero-order valence-corrected chi connectivity index (χ0v) is 15.9. The summed E-state index contributed by atoms with van der Waals surface area (Å²) < 4.78 is 5.50. The molecule has 1 aliphatic heterocycles. The molecular weight excluding hydrogens is 314 g/mol. The molecule has 1 aromatic carbocycles. The SMILES string of the molecule is CCc1ccc(NC2CC3(CCN(C(=O)OC(C)(C)C)C3)C2)c(N)c1. The van der Waals surface area contributed by atoms with Crippen molar-refractivity contribution in [1.82, 2.24) is 4.90 Å². The second kappa shape index (κ2) is 6.43. The molecule has 3 N–H and O–H groups in total. The van der Waals surface area contributed by atoms with Gasteiger partial charge in [-0.2, -0.15) is 0 Å². The van der Waals surface area contributed by atoms with Gasteiger partial charge in [-0.25, -0.2) is 4.79 Å². The van der Waals surface area contributed by atoms with Crippen LogP contribution in [0, 0.1) is 5.41 Å². The molecule has 1 saturated carbocycles. The van der Waals surface area contributed by atoms with Crippen LogP contribution in [0.3, 0.4) is 0 Å². The van der Waals surface area contributed by atoms with E-state index < -0.39 is 5.60 Å². The van der Waals surface area contributed by atoms with Crippen LogP contribution in [0.1, 0.15) is 52.5 Å². The van der Waals surface area contributed by atoms with Gasteiger partial charge in [0.2, 0.25) is 0 Å². The molecule has 2 aliphatic rings. The van der Waals surface area contributed by atoms with Gasteiger partial charge in [-0.3, -0.25) is 0 Å². The number of aryl methyl sites for hydroxylation is 1. The normalized spacial score (nSPS) is 25.8. The van der Waals surface area contributed by atoms with E-state index in [9.17, 15) is 4.79 Å². The molecule has 1 spiro atoms. The minimum absolute atomic E-state index is 0.180. The fraction of sp³-hybridized carbons (Fsp3) is 0.650. The van der Waals surface area contributed by atoms with E-state index in [2.05, 4.69) is 30.4 Å². The number of carbonyl (C=O) groups is 1. The Morgan fingerprint density at radius 3 is 2.72 bits per heavy atom. The summed E-state index contributed by atoms with van der Waals surface area (Å²) in [5, 5.41) is 3.57. The standard InChI is InChI=1S/C20H31N3O2/c1-5-14-6-7-17(16(21)10-14)22-15-11-20(12-15)8-9-23(13-20)18(24)25-19(2,3)4/h6-7,10,15,22H,5,8-9,11-13,21H2,1-4H3. The van der Waals surface area contributed by atoms with Gasteiger partial charge in [0, 0.05) is 19.1 Å². The van der Waals surface area contributed by atoms with Gasteiger partial charge in [0.15, 0.2) is 0 Å². The summed E-state index contributed by atoms with van der Waals surface area (Å²) in [4.78, 5) is 14.1. The summed E-state index contributed by atoms with van der Waals surface area (Å²) in [6.45, 7) is 9.48. The lowest BCUT2D eigenvalue weighted by atomic mass is 9.65. The zero-order chi connectivity index (χ0) is 18.2. The van der Waals surface area contributed by atoms with Crippen LogP contribution in [-0.2, 0) is 11.2 Å². The molecular formula is C20H31N3O2. The number of anilines is 2. The highest BCUT2D eigenvalue weighted by atomic mass is 16.6. The Morgan fingerprint density at radius 2 is 2.12 bits per heavy atom. The molecule has 0 aromatic heterocycles. The van der Waals surface area contributed by atoms with E-state index >= 15 is 0 Å². The summed E-state index contributed by atoms with van der Waals surface area (Å²) in [5.74, 6) is 0. The first-order chi connectivity index (χ1) is 11.7. The van der Waals surface area contributed by atoms with Crippen LogP contribution >= 0.6 is 0 Å². The van der Waals surface area contributed by atoms with Crippen molar-refractivity contribution in [3.8, 4) is 0 Å². The Morgan fingerprint density at radius 1 is 1.40 bits per heavy atom. The molecule has 1 amide bonds. The van der Waals surface area contributed by atoms with E-state index in [1.807, 2.05) is 25.7 Å². The molecule has 0 radical (unpaired) electrons. The number of hydrogen-bond donors (Lipinski definition) is 2. The van der Waals surface area contributed by atoms with Crippen molar-refractivity contribution >= 4 is 17.5 Å². The maximum Gasteiger partial charge on any atom is 0.410 e. The Labute approximate surface area is 150 Å². The molecule has 0 bridgehead atoms. The van der Waals surface area contributed by atoms with Gasteiger partial charge >= 0.3 is 6.09 Å². The van der Waals surface area contributed by atoms with Crippen LogP contribution in [-0.4, -0.2) is 35.7 Å². The van der Waals surface area contributed by atoms with E-state index in [0.717, 1.165) is 50.1 Å². The number of benzene rings is 1. The summed E-state index contributed by atoms with van der Waals surface area (Å²) >= 11 is 0. The van der Waals surface area contributed by atoms with Gasteiger partial charge in [0.1, 0.15) is 5.60 Å². The number of carbonyl (C=O) groups excluding carboxylic acids is 1. The fourth-order valence-corrected chi connectivity index (χ4v) is 4.02. The topological polar surface area (TPSA) is 67.6 Å². The number of likely N-dealkylation sites (tertiary alicyclic amines) is 1. The van der Waals surface area contributed by atoms with Gasteiger partial charge in [-0.15, -0.1) is 0 Å². The number of hydrogen-bond acceptors (Lipinski definition) is 4. The number of nitrogens with one attached hydrogen (secondary N) is 1. The first-order valence-electron chi connectivity index (χ1n) is 9.33. The molecule has 1 aliphatic carbocycles. The van der Waals surface area contributed by atoms with Crippen molar-refractivity contribution in [2.45, 2.75) is 65.0 Å². The molecule has 2 fully saturated rings. The van der Waals surface area contributed by atoms with Crippen LogP contribution in [0.25, 0.3) is 0 Å². The number of nitrogen functional groups attached to an aromatic ring is 1. The Balaban J connectivity index is 1.52. The fourth-order valence-electron chi connectivity index (χ4n) is 4.02. The van der Waals surface area contributed by atoms with E-state index in [-0.39, 0.29) is 11.5 Å². The molecule has 0 atom stereocenters. The predicted octanol–water partition coefficient (Wildman–Crippen LogP) is 4.03. The summed E-state index contributed by atoms with van der Waals surface area (Å²) in [6.07, 6.45) is 4.05. The van der Waals surface area contributed by atoms with E-state index in [1.54, 1.807) is 0 Å². The average Bonchev–Trinajstić information content (AvgIpc) is 2.92. The highest BCUT2D eigenvalue weighted by Crippen LogP contribution is 2.49. The third-order valence-electron chi connectivity index (χ3n) is 5.33. The van der Waals surface area contributed by atoms with Crippen LogP contribution in [0.5, 0.6) is 0 Å². The molecule has 1 saturated heterocycles. The van der Waals surface area contributed by atoms with Crippen LogP contribution in [0.15, 0.2) is 18.2 Å². The summed E-state index contributed by atoms with van der Waals surface area (Å²) in [7, 11) is 0. The molecule has 5 heteroatoms. The van der Waals surface area contributed by atoms with Crippen molar-refractivity contribution in [2.24, 2.45) is 5.41 Å². The molecule has 25 heavy (non-hydrogen) atoms. The maximum atomic E-state index is 12.2. The van der Waals surface area contributed by atoms with Crippen LogP contribution < -0.4 is 11.1 Å². The zero-order valence-electron chi connectivity index (χ0n) is 15.9. The van der Waals surface area contributed by atoms with Gasteiger partial charge in [-0.1, -0.05) is 13.0 Å². The third-order valence-corrected chi connectivity index (χ3v) is 5.33. The summed E-state index contributed by atoms with van der Waals surface area (Å²) in [6, 6.07) is 6.71. The Kier molecular flexibility index (Phi) is 4.60. The predicted molar refractivity (Wildman–Crippen MR) is 102 cm³/mol. The Hall–Kier alpha value is -1.91. The molecule has 5 nitrogen and oxygen atoms in total. The van der Waals surface area contributed by atoms with Gasteiger partial charge in [-0.05, 0) is 69.6 Å². The van der Waals surface area contributed by atoms with Crippen LogP contribution in [0.4, 0.5) is 16.2 Å². The van der Waals surface area contributed by atoms with E-state index in [0.29, 0.717) is 6.04 Å². The molecule has 1 aromatic rings. The van der Waals surface area contributed by atoms with Gasteiger partial charge in [0.05, 0.1) is 11.4 Å². The minimum Gasteiger partial charge on any atom is -0.444 e. The van der Waals surface area contributed by atoms with Crippen LogP contribution in [0.2, 0.25) is 0 Å². The lowest BCUT2D eigenvalue weighted by molar-refractivity contribution is 0.0237. The van der Waals surface area contributed by atoms with Crippen molar-refractivity contribution in [3.05, 3.63) is 23.8 Å². The molecule has 3 rings (SSSR count). The number of amides is 1. The quantitative estimate of drug-likeness (QED) is 0.812. The molecule has 1 heterocycles. The second-order valence-corrected chi connectivity index (χ2v) is 8.68. The minimum atomic E-state index is -0.432. The lowest BCUT2D eigenvalue weighted by Crippen LogP contribution is -2.47. The maximum absolute atomic E-state index is 12.2. The van der Waals surface area contributed by atoms with E-state index in [4.69, 9.17) is 10.5 Å². The lowest BCUT2D eigenvalue weighted by Gasteiger charge is -2.46. The number of nitrogens with two attached hydrogens (primary N) is 1. The van der Waals surface area contributed by atoms with E-state index in [1.165, 1.54) is 5.56 Å². The van der Waals surface area contributed by atoms with Crippen molar-refractivity contribution < 1.29 is 9.53 Å². The monoisotopic (exact) mass is 345 g/mol. The van der Waals surface area contributed by atoms with Crippen molar-refractivity contribution in [1.29, 1.82) is 0 Å². The largest absolute Gasteiger partial charge is 0.444 e. The number of nitrogens with zero attached hydrogens (tertiary/aromatic N) is 1. The average molecular weight is 345 g/mol.